The summed E-state index contributed by atoms with van der Waals surface area (Å²) in [7, 11) is 0. The highest BCUT2D eigenvalue weighted by Gasteiger charge is 2.25. The van der Waals surface area contributed by atoms with Crippen LogP contribution in [0.15, 0.2) is 102 Å². The molecule has 0 saturated carbocycles. The molecule has 41 heavy (non-hydrogen) atoms. The lowest BCUT2D eigenvalue weighted by Crippen LogP contribution is -2.42. The lowest BCUT2D eigenvalue weighted by molar-refractivity contribution is 0.0472. The van der Waals surface area contributed by atoms with Crippen LogP contribution in [0, 0.1) is 0 Å². The molecule has 3 aromatic carbocycles. The van der Waals surface area contributed by atoms with Gasteiger partial charge in [0.15, 0.2) is 0 Å². The van der Waals surface area contributed by atoms with Crippen molar-refractivity contribution in [2.45, 2.75) is 13.0 Å². The van der Waals surface area contributed by atoms with Gasteiger partial charge in [-0.1, -0.05) is 65.7 Å². The van der Waals surface area contributed by atoms with Crippen molar-refractivity contribution in [2.75, 3.05) is 11.4 Å². The summed E-state index contributed by atoms with van der Waals surface area (Å²) in [5.41, 5.74) is 1.74. The first-order valence-electron chi connectivity index (χ1n) is 12.4. The Morgan fingerprint density at radius 2 is 1.54 bits per heavy atom. The van der Waals surface area contributed by atoms with Gasteiger partial charge in [0, 0.05) is 24.6 Å². The van der Waals surface area contributed by atoms with E-state index in [1.54, 1.807) is 60.9 Å². The van der Waals surface area contributed by atoms with Gasteiger partial charge in [-0.3, -0.25) is 9.88 Å². The van der Waals surface area contributed by atoms with E-state index in [4.69, 9.17) is 27.9 Å². The highest BCUT2D eigenvalue weighted by molar-refractivity contribution is 6.37. The van der Waals surface area contributed by atoms with Crippen LogP contribution in [0.25, 0.3) is 5.69 Å². The van der Waals surface area contributed by atoms with Crippen LogP contribution in [-0.2, 0) is 17.8 Å². The minimum absolute atomic E-state index is 0.111. The van der Waals surface area contributed by atoms with Crippen molar-refractivity contribution in [3.8, 4) is 5.69 Å². The SMILES string of the molecule is O=C(OCc1ccccc1)c1ccc(N(CCc2cccnc2)C(=O)n2nnn(-c3c(Cl)cccc3Cl)c2=O)cc1. The monoisotopic (exact) mass is 588 g/mol. The third kappa shape index (κ3) is 6.34. The third-order valence-corrected chi connectivity index (χ3v) is 6.73. The number of rotatable bonds is 8. The van der Waals surface area contributed by atoms with Gasteiger partial charge in [0.25, 0.3) is 0 Å². The molecule has 0 N–H and O–H groups in total. The number of nitrogens with zero attached hydrogens (tertiary/aromatic N) is 6. The summed E-state index contributed by atoms with van der Waals surface area (Å²) in [4.78, 5) is 45.0. The maximum absolute atomic E-state index is 13.7. The highest BCUT2D eigenvalue weighted by atomic mass is 35.5. The Balaban J connectivity index is 1.41. The number of para-hydroxylation sites is 1. The standard InChI is InChI=1S/C29H22Cl2N6O4/c30-24-9-4-10-25(31)26(24)36-29(40)37(34-33-36)28(39)35(17-15-20-8-5-16-32-18-20)23-13-11-22(12-14-23)27(38)41-19-21-6-2-1-3-7-21/h1-14,16,18H,15,17,19H2. The fourth-order valence-electron chi connectivity index (χ4n) is 4.02. The lowest BCUT2D eigenvalue weighted by Gasteiger charge is -2.22. The second kappa shape index (κ2) is 12.6. The van der Waals surface area contributed by atoms with E-state index in [0.29, 0.717) is 22.4 Å². The van der Waals surface area contributed by atoms with E-state index in [-0.39, 0.29) is 28.9 Å². The van der Waals surface area contributed by atoms with Crippen molar-refractivity contribution in [3.05, 3.63) is 135 Å². The first kappa shape index (κ1) is 27.8. The van der Waals surface area contributed by atoms with Gasteiger partial charge in [-0.25, -0.2) is 14.4 Å². The minimum Gasteiger partial charge on any atom is -0.457 e. The predicted molar refractivity (Wildman–Crippen MR) is 154 cm³/mol. The van der Waals surface area contributed by atoms with E-state index in [1.165, 1.54) is 4.90 Å². The van der Waals surface area contributed by atoms with E-state index in [1.807, 2.05) is 36.4 Å². The zero-order chi connectivity index (χ0) is 28.8. The molecule has 10 nitrogen and oxygen atoms in total. The lowest BCUT2D eigenvalue weighted by atomic mass is 10.1. The molecule has 0 aliphatic rings. The minimum atomic E-state index is -0.850. The molecule has 2 heterocycles. The van der Waals surface area contributed by atoms with Gasteiger partial charge >= 0.3 is 17.7 Å². The van der Waals surface area contributed by atoms with Gasteiger partial charge in [-0.05, 0) is 70.4 Å². The second-order valence-electron chi connectivity index (χ2n) is 8.81. The molecule has 1 amide bonds. The number of tetrazole rings is 1. The molecular formula is C29H22Cl2N6O4. The Labute approximate surface area is 244 Å². The summed E-state index contributed by atoms with van der Waals surface area (Å²) in [5, 5.41) is 7.97. The topological polar surface area (TPSA) is 112 Å². The number of aromatic nitrogens is 5. The Bertz CT molecular complexity index is 1700. The van der Waals surface area contributed by atoms with Gasteiger partial charge in [0.2, 0.25) is 0 Å². The van der Waals surface area contributed by atoms with Crippen molar-refractivity contribution in [3.63, 3.8) is 0 Å². The fraction of sp³-hybridized carbons (Fsp3) is 0.103. The molecule has 206 valence electrons. The summed E-state index contributed by atoms with van der Waals surface area (Å²) >= 11 is 12.5. The molecule has 5 aromatic rings. The van der Waals surface area contributed by atoms with Crippen LogP contribution < -0.4 is 10.6 Å². The molecule has 0 aliphatic carbocycles. The highest BCUT2D eigenvalue weighted by Crippen LogP contribution is 2.26. The van der Waals surface area contributed by atoms with Crippen LogP contribution in [-0.4, -0.2) is 43.3 Å². The van der Waals surface area contributed by atoms with Crippen molar-refractivity contribution < 1.29 is 14.3 Å². The molecule has 0 spiro atoms. The van der Waals surface area contributed by atoms with Crippen molar-refractivity contribution >= 4 is 40.9 Å². The smallest absolute Gasteiger partial charge is 0.377 e. The van der Waals surface area contributed by atoms with Crippen LogP contribution in [0.2, 0.25) is 10.0 Å². The number of benzene rings is 3. The number of ether oxygens (including phenoxy) is 1. The Morgan fingerprint density at radius 1 is 0.829 bits per heavy atom. The largest absolute Gasteiger partial charge is 0.457 e. The molecule has 2 aromatic heterocycles. The number of anilines is 1. The first-order valence-corrected chi connectivity index (χ1v) is 13.2. The molecule has 0 unspecified atom stereocenters. The molecular weight excluding hydrogens is 567 g/mol. The summed E-state index contributed by atoms with van der Waals surface area (Å²) in [6, 6.07) is 23.3. The molecule has 0 radical (unpaired) electrons. The zero-order valence-electron chi connectivity index (χ0n) is 21.4. The van der Waals surface area contributed by atoms with Gasteiger partial charge < -0.3 is 4.74 Å². The number of carbonyl (C=O) groups is 2. The van der Waals surface area contributed by atoms with E-state index in [2.05, 4.69) is 15.4 Å². The summed E-state index contributed by atoms with van der Waals surface area (Å²) < 4.78 is 6.90. The van der Waals surface area contributed by atoms with Crippen molar-refractivity contribution in [1.82, 2.24) is 24.8 Å². The number of pyridine rings is 1. The van der Waals surface area contributed by atoms with E-state index < -0.39 is 17.7 Å². The summed E-state index contributed by atoms with van der Waals surface area (Å²) in [6.07, 6.45) is 3.77. The maximum Gasteiger partial charge on any atom is 0.377 e. The number of esters is 1. The Morgan fingerprint density at radius 3 is 2.22 bits per heavy atom. The number of carbonyl (C=O) groups excluding carboxylic acids is 2. The van der Waals surface area contributed by atoms with Crippen LogP contribution in [0.1, 0.15) is 21.5 Å². The average molecular weight is 589 g/mol. The molecule has 0 atom stereocenters. The summed E-state index contributed by atoms with van der Waals surface area (Å²) in [5.74, 6) is -0.510. The first-order chi connectivity index (χ1) is 19.9. The Kier molecular flexibility index (Phi) is 8.52. The fourth-order valence-corrected chi connectivity index (χ4v) is 4.58. The van der Waals surface area contributed by atoms with Gasteiger partial charge in [0.1, 0.15) is 12.3 Å². The Hall–Kier alpha value is -4.80. The van der Waals surface area contributed by atoms with Gasteiger partial charge in [-0.2, -0.15) is 4.68 Å². The van der Waals surface area contributed by atoms with Crippen molar-refractivity contribution in [2.24, 2.45) is 0 Å². The van der Waals surface area contributed by atoms with Crippen LogP contribution in [0.5, 0.6) is 0 Å². The molecule has 0 saturated heterocycles. The van der Waals surface area contributed by atoms with E-state index in [9.17, 15) is 14.4 Å². The molecule has 0 fully saturated rings. The molecule has 5 rings (SSSR count). The van der Waals surface area contributed by atoms with Crippen LogP contribution >= 0.6 is 23.2 Å². The van der Waals surface area contributed by atoms with Gasteiger partial charge in [-0.15, -0.1) is 4.68 Å². The third-order valence-electron chi connectivity index (χ3n) is 6.12. The predicted octanol–water partition coefficient (Wildman–Crippen LogP) is 5.21. The molecule has 0 bridgehead atoms. The second-order valence-corrected chi connectivity index (χ2v) is 9.62. The maximum atomic E-state index is 13.7. The van der Waals surface area contributed by atoms with Crippen LogP contribution in [0.3, 0.4) is 0 Å². The zero-order valence-corrected chi connectivity index (χ0v) is 22.9. The molecule has 12 heteroatoms. The van der Waals surface area contributed by atoms with E-state index in [0.717, 1.165) is 15.8 Å². The number of hydrogen-bond donors (Lipinski definition) is 0. The number of amides is 1. The number of hydrogen-bond acceptors (Lipinski definition) is 7. The van der Waals surface area contributed by atoms with E-state index >= 15 is 0 Å². The normalized spacial score (nSPS) is 10.8. The van der Waals surface area contributed by atoms with Crippen molar-refractivity contribution in [1.29, 1.82) is 0 Å². The quantitative estimate of drug-likeness (QED) is 0.181. The molecule has 0 aliphatic heterocycles. The summed E-state index contributed by atoms with van der Waals surface area (Å²) in [6.45, 7) is 0.305. The van der Waals surface area contributed by atoms with Gasteiger partial charge in [0.05, 0.1) is 15.6 Å². The average Bonchev–Trinajstić information content (AvgIpc) is 3.37. The van der Waals surface area contributed by atoms with Crippen LogP contribution in [0.4, 0.5) is 10.5 Å². The number of halogens is 2.